The molecule has 0 bridgehead atoms. The average molecular weight is 277 g/mol. The molecule has 0 N–H and O–H groups in total. The van der Waals surface area contributed by atoms with E-state index in [1.807, 2.05) is 17.8 Å². The molecule has 1 aliphatic rings. The van der Waals surface area contributed by atoms with Crippen LogP contribution in [0.2, 0.25) is 0 Å². The van der Waals surface area contributed by atoms with E-state index in [-0.39, 0.29) is 12.2 Å². The lowest BCUT2D eigenvalue weighted by Gasteiger charge is -2.32. The van der Waals surface area contributed by atoms with E-state index in [0.29, 0.717) is 18.1 Å². The number of likely N-dealkylation sites (N-methyl/N-ethyl adjacent to an activating group) is 1. The maximum Gasteiger partial charge on any atom is 0.257 e. The van der Waals surface area contributed by atoms with Gasteiger partial charge in [0.05, 0.1) is 12.5 Å². The number of hydrogen-bond donors (Lipinski definition) is 0. The molecule has 0 aliphatic carbocycles. The number of morpholine rings is 1. The van der Waals surface area contributed by atoms with Crippen molar-refractivity contribution < 1.29 is 9.26 Å². The maximum atomic E-state index is 5.86. The van der Waals surface area contributed by atoms with Crippen LogP contribution < -0.4 is 0 Å². The standard InChI is InChI=1S/C13H19N5O2/c1-9-7-17(2)8-11(19-9)13-15-12(16-20-13)6-10-4-5-14-18(10)3/h4-5,9,11H,6-8H2,1-3H3/t9-,11-/m1/s1. The summed E-state index contributed by atoms with van der Waals surface area (Å²) in [5.41, 5.74) is 1.05. The molecule has 108 valence electrons. The summed E-state index contributed by atoms with van der Waals surface area (Å²) < 4.78 is 13.0. The van der Waals surface area contributed by atoms with E-state index in [2.05, 4.69) is 34.1 Å². The van der Waals surface area contributed by atoms with Crippen LogP contribution in [-0.4, -0.2) is 51.1 Å². The molecule has 20 heavy (non-hydrogen) atoms. The van der Waals surface area contributed by atoms with Gasteiger partial charge in [-0.05, 0) is 20.0 Å². The summed E-state index contributed by atoms with van der Waals surface area (Å²) >= 11 is 0. The van der Waals surface area contributed by atoms with Gasteiger partial charge < -0.3 is 14.2 Å². The normalized spacial score (nSPS) is 24.1. The highest BCUT2D eigenvalue weighted by Gasteiger charge is 2.28. The second kappa shape index (κ2) is 5.34. The molecule has 2 atom stereocenters. The summed E-state index contributed by atoms with van der Waals surface area (Å²) in [5.74, 6) is 1.22. The van der Waals surface area contributed by atoms with Gasteiger partial charge in [0.15, 0.2) is 5.82 Å². The van der Waals surface area contributed by atoms with Crippen LogP contribution in [0, 0.1) is 0 Å². The molecule has 7 heteroatoms. The first-order valence-electron chi connectivity index (χ1n) is 6.75. The van der Waals surface area contributed by atoms with Gasteiger partial charge in [-0.3, -0.25) is 4.68 Å². The van der Waals surface area contributed by atoms with Crippen LogP contribution in [0.4, 0.5) is 0 Å². The average Bonchev–Trinajstić information content (AvgIpc) is 2.99. The Hall–Kier alpha value is -1.73. The van der Waals surface area contributed by atoms with Crippen LogP contribution in [0.15, 0.2) is 16.8 Å². The summed E-state index contributed by atoms with van der Waals surface area (Å²) in [6, 6.07) is 1.95. The molecule has 3 rings (SSSR count). The minimum Gasteiger partial charge on any atom is -0.363 e. The quantitative estimate of drug-likeness (QED) is 0.826. The zero-order valence-corrected chi connectivity index (χ0v) is 12.0. The largest absolute Gasteiger partial charge is 0.363 e. The molecule has 0 amide bonds. The van der Waals surface area contributed by atoms with Crippen LogP contribution in [0.3, 0.4) is 0 Å². The number of aromatic nitrogens is 4. The molecule has 0 aromatic carbocycles. The number of nitrogens with zero attached hydrogens (tertiary/aromatic N) is 5. The zero-order valence-electron chi connectivity index (χ0n) is 12.0. The van der Waals surface area contributed by atoms with E-state index in [1.165, 1.54) is 0 Å². The third kappa shape index (κ3) is 2.73. The molecule has 3 heterocycles. The monoisotopic (exact) mass is 277 g/mol. The van der Waals surface area contributed by atoms with Crippen molar-refractivity contribution in [1.29, 1.82) is 0 Å². The lowest BCUT2D eigenvalue weighted by molar-refractivity contribution is -0.0838. The fourth-order valence-corrected chi connectivity index (χ4v) is 2.51. The molecule has 1 saturated heterocycles. The molecule has 0 unspecified atom stereocenters. The van der Waals surface area contributed by atoms with Crippen LogP contribution >= 0.6 is 0 Å². The molecule has 0 spiro atoms. The number of aryl methyl sites for hydroxylation is 1. The van der Waals surface area contributed by atoms with Gasteiger partial charge >= 0.3 is 0 Å². The summed E-state index contributed by atoms with van der Waals surface area (Å²) in [5, 5.41) is 8.16. The Kier molecular flexibility index (Phi) is 3.54. The molecular weight excluding hydrogens is 258 g/mol. The van der Waals surface area contributed by atoms with E-state index in [9.17, 15) is 0 Å². The molecule has 1 fully saturated rings. The molecule has 2 aromatic rings. The van der Waals surface area contributed by atoms with Crippen LogP contribution in [0.5, 0.6) is 0 Å². The van der Waals surface area contributed by atoms with Gasteiger partial charge in [-0.15, -0.1) is 0 Å². The predicted molar refractivity (Wildman–Crippen MR) is 71.1 cm³/mol. The van der Waals surface area contributed by atoms with E-state index in [0.717, 1.165) is 18.8 Å². The van der Waals surface area contributed by atoms with E-state index in [4.69, 9.17) is 9.26 Å². The van der Waals surface area contributed by atoms with Crippen molar-refractivity contribution in [3.63, 3.8) is 0 Å². The summed E-state index contributed by atoms with van der Waals surface area (Å²) in [6.07, 6.45) is 2.40. The number of ether oxygens (including phenoxy) is 1. The Balaban J connectivity index is 1.72. The Morgan fingerprint density at radius 3 is 2.90 bits per heavy atom. The van der Waals surface area contributed by atoms with Gasteiger partial charge in [0, 0.05) is 32.0 Å². The molecule has 1 aliphatic heterocycles. The van der Waals surface area contributed by atoms with E-state index < -0.39 is 0 Å². The van der Waals surface area contributed by atoms with Crippen LogP contribution in [-0.2, 0) is 18.2 Å². The molecule has 0 radical (unpaired) electrons. The number of hydrogen-bond acceptors (Lipinski definition) is 6. The molecule has 0 saturated carbocycles. The summed E-state index contributed by atoms with van der Waals surface area (Å²) in [4.78, 5) is 6.66. The number of rotatable bonds is 3. The SMILES string of the molecule is C[C@@H]1CN(C)C[C@H](c2nc(Cc3ccnn3C)no2)O1. The van der Waals surface area contributed by atoms with Crippen molar-refractivity contribution in [2.45, 2.75) is 25.6 Å². The first kappa shape index (κ1) is 13.3. The molecule has 2 aromatic heterocycles. The van der Waals surface area contributed by atoms with Gasteiger partial charge in [0.1, 0.15) is 6.10 Å². The zero-order chi connectivity index (χ0) is 14.1. The van der Waals surface area contributed by atoms with Crippen molar-refractivity contribution in [3.05, 3.63) is 29.7 Å². The highest BCUT2D eigenvalue weighted by molar-refractivity contribution is 5.08. The fraction of sp³-hybridized carbons (Fsp3) is 0.615. The van der Waals surface area contributed by atoms with Crippen molar-refractivity contribution in [2.75, 3.05) is 20.1 Å². The highest BCUT2D eigenvalue weighted by Crippen LogP contribution is 2.23. The van der Waals surface area contributed by atoms with E-state index >= 15 is 0 Å². The summed E-state index contributed by atoms with van der Waals surface area (Å²) in [6.45, 7) is 3.75. The van der Waals surface area contributed by atoms with E-state index in [1.54, 1.807) is 6.20 Å². The third-order valence-electron chi connectivity index (χ3n) is 3.46. The van der Waals surface area contributed by atoms with Gasteiger partial charge in [0.2, 0.25) is 0 Å². The second-order valence-electron chi connectivity index (χ2n) is 5.33. The van der Waals surface area contributed by atoms with Crippen molar-refractivity contribution in [1.82, 2.24) is 24.8 Å². The maximum absolute atomic E-state index is 5.86. The Labute approximate surface area is 117 Å². The van der Waals surface area contributed by atoms with Crippen molar-refractivity contribution in [2.24, 2.45) is 7.05 Å². The second-order valence-corrected chi connectivity index (χ2v) is 5.33. The first-order chi connectivity index (χ1) is 9.61. The van der Waals surface area contributed by atoms with Gasteiger partial charge in [-0.1, -0.05) is 5.16 Å². The van der Waals surface area contributed by atoms with Gasteiger partial charge in [-0.25, -0.2) is 0 Å². The minimum absolute atomic E-state index is 0.142. The molecule has 7 nitrogen and oxygen atoms in total. The predicted octanol–water partition coefficient (Wildman–Crippen LogP) is 0.785. The Bertz CT molecular complexity index is 569. The van der Waals surface area contributed by atoms with Crippen LogP contribution in [0.1, 0.15) is 30.4 Å². The topological polar surface area (TPSA) is 69.2 Å². The summed E-state index contributed by atoms with van der Waals surface area (Å²) in [7, 11) is 3.97. The van der Waals surface area contributed by atoms with Gasteiger partial charge in [-0.2, -0.15) is 10.1 Å². The minimum atomic E-state index is -0.142. The fourth-order valence-electron chi connectivity index (χ4n) is 2.51. The lowest BCUT2D eigenvalue weighted by Crippen LogP contribution is -2.40. The van der Waals surface area contributed by atoms with Crippen molar-refractivity contribution in [3.8, 4) is 0 Å². The van der Waals surface area contributed by atoms with Gasteiger partial charge in [0.25, 0.3) is 5.89 Å². The Morgan fingerprint density at radius 2 is 2.20 bits per heavy atom. The molecular formula is C13H19N5O2. The van der Waals surface area contributed by atoms with Crippen LogP contribution in [0.25, 0.3) is 0 Å². The first-order valence-corrected chi connectivity index (χ1v) is 6.75. The highest BCUT2D eigenvalue weighted by atomic mass is 16.5. The van der Waals surface area contributed by atoms with Crippen molar-refractivity contribution >= 4 is 0 Å². The Morgan fingerprint density at radius 1 is 1.35 bits per heavy atom. The third-order valence-corrected chi connectivity index (χ3v) is 3.46. The smallest absolute Gasteiger partial charge is 0.257 e. The lowest BCUT2D eigenvalue weighted by atomic mass is 10.2.